The molecule has 2 N–H and O–H groups in total. The summed E-state index contributed by atoms with van der Waals surface area (Å²) in [5, 5.41) is 8.02. The van der Waals surface area contributed by atoms with Gasteiger partial charge < -0.3 is 20.1 Å². The number of anilines is 2. The molecule has 0 atom stereocenters. The molecular formula is C20H19F2N3O3S. The molecule has 1 amide bonds. The van der Waals surface area contributed by atoms with Crippen molar-refractivity contribution in [2.45, 2.75) is 13.0 Å². The molecule has 3 rings (SSSR count). The van der Waals surface area contributed by atoms with Gasteiger partial charge in [0.2, 0.25) is 0 Å². The van der Waals surface area contributed by atoms with Gasteiger partial charge in [0.05, 0.1) is 7.11 Å². The van der Waals surface area contributed by atoms with Crippen LogP contribution in [-0.4, -0.2) is 31.2 Å². The van der Waals surface area contributed by atoms with E-state index < -0.39 is 6.61 Å². The first-order chi connectivity index (χ1) is 14.0. The third-order valence-corrected chi connectivity index (χ3v) is 4.70. The first-order valence-electron chi connectivity index (χ1n) is 8.72. The van der Waals surface area contributed by atoms with Crippen LogP contribution in [0, 0.1) is 0 Å². The molecule has 0 fully saturated rings. The van der Waals surface area contributed by atoms with E-state index in [1.807, 2.05) is 24.3 Å². The zero-order valence-corrected chi connectivity index (χ0v) is 16.3. The van der Waals surface area contributed by atoms with Crippen molar-refractivity contribution in [3.05, 3.63) is 65.2 Å². The number of nitrogens with zero attached hydrogens (tertiary/aromatic N) is 1. The molecule has 0 aliphatic heterocycles. The van der Waals surface area contributed by atoms with E-state index in [2.05, 4.69) is 20.4 Å². The molecule has 9 heteroatoms. The minimum Gasteiger partial charge on any atom is -0.496 e. The highest BCUT2D eigenvalue weighted by molar-refractivity contribution is 7.14. The number of amides is 1. The van der Waals surface area contributed by atoms with Crippen LogP contribution in [0.5, 0.6) is 11.5 Å². The van der Waals surface area contributed by atoms with Gasteiger partial charge in [-0.1, -0.05) is 18.2 Å². The van der Waals surface area contributed by atoms with Crippen molar-refractivity contribution in [1.82, 2.24) is 10.3 Å². The molecule has 6 nitrogen and oxygen atoms in total. The van der Waals surface area contributed by atoms with Crippen LogP contribution in [0.4, 0.5) is 19.6 Å². The van der Waals surface area contributed by atoms with Crippen LogP contribution in [-0.2, 0) is 6.42 Å². The monoisotopic (exact) mass is 419 g/mol. The van der Waals surface area contributed by atoms with Gasteiger partial charge in [-0.25, -0.2) is 4.98 Å². The minimum atomic E-state index is -2.86. The van der Waals surface area contributed by atoms with E-state index in [1.165, 1.54) is 23.5 Å². The minimum absolute atomic E-state index is 0.0693. The number of rotatable bonds is 9. The number of halogens is 2. The van der Waals surface area contributed by atoms with E-state index in [9.17, 15) is 13.6 Å². The van der Waals surface area contributed by atoms with Crippen LogP contribution < -0.4 is 20.1 Å². The van der Waals surface area contributed by atoms with Gasteiger partial charge in [-0.05, 0) is 42.3 Å². The largest absolute Gasteiger partial charge is 0.496 e. The van der Waals surface area contributed by atoms with Crippen LogP contribution in [0.1, 0.15) is 16.1 Å². The molecule has 29 heavy (non-hydrogen) atoms. The Kier molecular flexibility index (Phi) is 6.96. The number of aromatic nitrogens is 1. The summed E-state index contributed by atoms with van der Waals surface area (Å²) in [5.74, 6) is 0.580. The Balaban J connectivity index is 1.52. The number of para-hydroxylation sites is 1. The first kappa shape index (κ1) is 20.5. The molecule has 2 aromatic carbocycles. The highest BCUT2D eigenvalue weighted by Crippen LogP contribution is 2.24. The zero-order valence-electron chi connectivity index (χ0n) is 15.5. The van der Waals surface area contributed by atoms with E-state index in [-0.39, 0.29) is 11.7 Å². The van der Waals surface area contributed by atoms with Crippen molar-refractivity contribution >= 4 is 28.1 Å². The quantitative estimate of drug-likeness (QED) is 0.536. The number of thiazole rings is 1. The van der Waals surface area contributed by atoms with Crippen molar-refractivity contribution in [3.63, 3.8) is 0 Å². The topological polar surface area (TPSA) is 72.5 Å². The van der Waals surface area contributed by atoms with E-state index in [0.717, 1.165) is 11.3 Å². The highest BCUT2D eigenvalue weighted by atomic mass is 32.1. The Morgan fingerprint density at radius 1 is 1.17 bits per heavy atom. The number of ether oxygens (including phenoxy) is 2. The molecular weight excluding hydrogens is 400 g/mol. The van der Waals surface area contributed by atoms with Crippen LogP contribution in [0.25, 0.3) is 0 Å². The van der Waals surface area contributed by atoms with Gasteiger partial charge in [0, 0.05) is 17.6 Å². The molecule has 0 saturated heterocycles. The van der Waals surface area contributed by atoms with Gasteiger partial charge in [-0.15, -0.1) is 11.3 Å². The lowest BCUT2D eigenvalue weighted by Gasteiger charge is -2.08. The average molecular weight is 419 g/mol. The molecule has 0 bridgehead atoms. The average Bonchev–Trinajstić information content (AvgIpc) is 3.18. The summed E-state index contributed by atoms with van der Waals surface area (Å²) in [6.07, 6.45) is 0.637. The number of carbonyl (C=O) groups excluding carboxylic acids is 1. The highest BCUT2D eigenvalue weighted by Gasteiger charge is 2.11. The molecule has 3 aromatic rings. The summed E-state index contributed by atoms with van der Waals surface area (Å²) < 4.78 is 34.0. The lowest BCUT2D eigenvalue weighted by Crippen LogP contribution is -2.26. The molecule has 152 valence electrons. The van der Waals surface area contributed by atoms with Crippen molar-refractivity contribution in [3.8, 4) is 11.5 Å². The lowest BCUT2D eigenvalue weighted by atomic mass is 10.1. The normalized spacial score (nSPS) is 10.6. The third-order valence-electron chi connectivity index (χ3n) is 3.94. The second-order valence-electron chi connectivity index (χ2n) is 5.88. The summed E-state index contributed by atoms with van der Waals surface area (Å²) in [5.41, 5.74) is 1.95. The van der Waals surface area contributed by atoms with Crippen LogP contribution in [0.15, 0.2) is 53.9 Å². The number of hydrogen-bond acceptors (Lipinski definition) is 6. The lowest BCUT2D eigenvalue weighted by molar-refractivity contribution is -0.0498. The van der Waals surface area contributed by atoms with Crippen molar-refractivity contribution in [2.24, 2.45) is 0 Å². The molecule has 0 spiro atoms. The summed E-state index contributed by atoms with van der Waals surface area (Å²) in [7, 11) is 1.61. The van der Waals surface area contributed by atoms with Gasteiger partial charge in [-0.3, -0.25) is 4.79 Å². The predicted octanol–water partition coefficient (Wildman–Crippen LogP) is 4.47. The Bertz CT molecular complexity index is 948. The smallest absolute Gasteiger partial charge is 0.387 e. The maximum Gasteiger partial charge on any atom is 0.387 e. The molecule has 1 heterocycles. The Morgan fingerprint density at radius 3 is 2.66 bits per heavy atom. The maximum atomic E-state index is 12.3. The van der Waals surface area contributed by atoms with Gasteiger partial charge in [-0.2, -0.15) is 8.78 Å². The van der Waals surface area contributed by atoms with Gasteiger partial charge in [0.1, 0.15) is 17.2 Å². The van der Waals surface area contributed by atoms with E-state index in [4.69, 9.17) is 4.74 Å². The number of hydrogen-bond donors (Lipinski definition) is 2. The van der Waals surface area contributed by atoms with E-state index in [0.29, 0.717) is 29.5 Å². The molecule has 0 radical (unpaired) electrons. The molecule has 0 aliphatic carbocycles. The number of nitrogens with one attached hydrogen (secondary N) is 2. The molecule has 1 aromatic heterocycles. The SMILES string of the molecule is COc1ccccc1CCNC(=O)c1csc(Nc2ccc(OC(F)F)cc2)n1. The second-order valence-corrected chi connectivity index (χ2v) is 6.74. The van der Waals surface area contributed by atoms with Crippen molar-refractivity contribution in [1.29, 1.82) is 0 Å². The number of alkyl halides is 2. The summed E-state index contributed by atoms with van der Waals surface area (Å²) >= 11 is 1.27. The fourth-order valence-electron chi connectivity index (χ4n) is 2.59. The Morgan fingerprint density at radius 2 is 1.93 bits per heavy atom. The van der Waals surface area contributed by atoms with Gasteiger partial charge in [0.15, 0.2) is 5.13 Å². The van der Waals surface area contributed by atoms with E-state index in [1.54, 1.807) is 24.6 Å². The van der Waals surface area contributed by atoms with Gasteiger partial charge >= 0.3 is 6.61 Å². The second kappa shape index (κ2) is 9.83. The Hall–Kier alpha value is -3.20. The van der Waals surface area contributed by atoms with E-state index >= 15 is 0 Å². The van der Waals surface area contributed by atoms with Crippen molar-refractivity contribution < 1.29 is 23.0 Å². The third kappa shape index (κ3) is 5.89. The number of methoxy groups -OCH3 is 1. The number of carbonyl (C=O) groups is 1. The zero-order chi connectivity index (χ0) is 20.6. The predicted molar refractivity (Wildman–Crippen MR) is 108 cm³/mol. The van der Waals surface area contributed by atoms with Crippen LogP contribution in [0.3, 0.4) is 0 Å². The maximum absolute atomic E-state index is 12.3. The van der Waals surface area contributed by atoms with Crippen LogP contribution in [0.2, 0.25) is 0 Å². The first-order valence-corrected chi connectivity index (χ1v) is 9.60. The standard InChI is InChI=1S/C20H19F2N3O3S/c1-27-17-5-3-2-4-13(17)10-11-23-18(26)16-12-29-20(25-16)24-14-6-8-15(9-7-14)28-19(21)22/h2-9,12,19H,10-11H2,1H3,(H,23,26)(H,24,25). The fraction of sp³-hybridized carbons (Fsp3) is 0.200. The summed E-state index contributed by atoms with van der Waals surface area (Å²) in [6, 6.07) is 13.7. The summed E-state index contributed by atoms with van der Waals surface area (Å²) in [4.78, 5) is 16.5. The molecule has 0 aliphatic rings. The van der Waals surface area contributed by atoms with Crippen LogP contribution >= 0.6 is 11.3 Å². The Labute approximate surface area is 170 Å². The summed E-state index contributed by atoms with van der Waals surface area (Å²) in [6.45, 7) is -2.41. The molecule has 0 saturated carbocycles. The fourth-order valence-corrected chi connectivity index (χ4v) is 3.30. The van der Waals surface area contributed by atoms with Crippen molar-refractivity contribution in [2.75, 3.05) is 19.0 Å². The van der Waals surface area contributed by atoms with Gasteiger partial charge in [0.25, 0.3) is 5.91 Å². The number of benzene rings is 2. The molecule has 0 unspecified atom stereocenters.